The molecule has 1 aromatic carbocycles. The number of rotatable bonds is 2. The normalized spacial score (nSPS) is 15.1. The summed E-state index contributed by atoms with van der Waals surface area (Å²) in [6.07, 6.45) is -0.336. The lowest BCUT2D eigenvalue weighted by atomic mass is 10.1. The maximum absolute atomic E-state index is 12.2. The quantitative estimate of drug-likeness (QED) is 0.885. The summed E-state index contributed by atoms with van der Waals surface area (Å²) in [5.74, 6) is -0.0644. The van der Waals surface area contributed by atoms with E-state index in [1.807, 2.05) is 0 Å². The van der Waals surface area contributed by atoms with Crippen molar-refractivity contribution in [3.8, 4) is 5.75 Å². The third kappa shape index (κ3) is 3.20. The van der Waals surface area contributed by atoms with Crippen LogP contribution in [0.15, 0.2) is 24.3 Å². The molecule has 2 rings (SSSR count). The molecule has 0 saturated carbocycles. The largest absolute Gasteiger partial charge is 0.508 e. The topological polar surface area (TPSA) is 70.1 Å². The molecule has 6 heteroatoms. The highest BCUT2D eigenvalue weighted by Crippen LogP contribution is 2.14. The lowest BCUT2D eigenvalue weighted by Crippen LogP contribution is -2.50. The first-order valence-corrected chi connectivity index (χ1v) is 6.62. The molecular formula is C14H18N2O4. The fourth-order valence-electron chi connectivity index (χ4n) is 2.13. The predicted octanol–water partition coefficient (Wildman–Crippen LogP) is 1.31. The van der Waals surface area contributed by atoms with Crippen molar-refractivity contribution in [1.82, 2.24) is 9.80 Å². The molecular weight excluding hydrogens is 260 g/mol. The van der Waals surface area contributed by atoms with E-state index in [1.54, 1.807) is 28.9 Å². The summed E-state index contributed by atoms with van der Waals surface area (Å²) in [4.78, 5) is 27.1. The van der Waals surface area contributed by atoms with Gasteiger partial charge >= 0.3 is 6.09 Å². The smallest absolute Gasteiger partial charge is 0.409 e. The van der Waals surface area contributed by atoms with Gasteiger partial charge in [0.1, 0.15) is 5.75 Å². The summed E-state index contributed by atoms with van der Waals surface area (Å²) in [5.41, 5.74) is 0.453. The van der Waals surface area contributed by atoms with Crippen LogP contribution in [0.2, 0.25) is 0 Å². The van der Waals surface area contributed by atoms with Crippen molar-refractivity contribution >= 4 is 12.0 Å². The molecule has 1 N–H and O–H groups in total. The van der Waals surface area contributed by atoms with Crippen molar-refractivity contribution in [2.45, 2.75) is 6.92 Å². The van der Waals surface area contributed by atoms with Crippen LogP contribution in [0.25, 0.3) is 0 Å². The number of hydrogen-bond acceptors (Lipinski definition) is 4. The SMILES string of the molecule is CCOC(=O)N1CCN(C(=O)c2cccc(O)c2)CC1. The van der Waals surface area contributed by atoms with E-state index in [1.165, 1.54) is 12.1 Å². The van der Waals surface area contributed by atoms with Crippen LogP contribution in [0.3, 0.4) is 0 Å². The fraction of sp³-hybridized carbons (Fsp3) is 0.429. The highest BCUT2D eigenvalue weighted by molar-refractivity contribution is 5.94. The number of ether oxygens (including phenoxy) is 1. The summed E-state index contributed by atoms with van der Waals surface area (Å²) in [6, 6.07) is 6.27. The molecule has 1 aliphatic heterocycles. The van der Waals surface area contributed by atoms with Crippen molar-refractivity contribution in [3.05, 3.63) is 29.8 Å². The second-order valence-corrected chi connectivity index (χ2v) is 4.53. The third-order valence-corrected chi connectivity index (χ3v) is 3.19. The van der Waals surface area contributed by atoms with Gasteiger partial charge in [-0.05, 0) is 25.1 Å². The number of aromatic hydroxyl groups is 1. The molecule has 2 amide bonds. The number of amides is 2. The number of piperazine rings is 1. The highest BCUT2D eigenvalue weighted by atomic mass is 16.6. The second-order valence-electron chi connectivity index (χ2n) is 4.53. The minimum Gasteiger partial charge on any atom is -0.508 e. The number of hydrogen-bond donors (Lipinski definition) is 1. The highest BCUT2D eigenvalue weighted by Gasteiger charge is 2.25. The van der Waals surface area contributed by atoms with Crippen LogP contribution in [0, 0.1) is 0 Å². The first kappa shape index (κ1) is 14.2. The molecule has 0 atom stereocenters. The van der Waals surface area contributed by atoms with Crippen molar-refractivity contribution in [2.75, 3.05) is 32.8 Å². The van der Waals surface area contributed by atoms with E-state index in [4.69, 9.17) is 4.74 Å². The molecule has 6 nitrogen and oxygen atoms in total. The maximum Gasteiger partial charge on any atom is 0.409 e. The first-order chi connectivity index (χ1) is 9.61. The summed E-state index contributed by atoms with van der Waals surface area (Å²) in [6.45, 7) is 3.97. The van der Waals surface area contributed by atoms with Gasteiger partial charge in [0, 0.05) is 31.7 Å². The van der Waals surface area contributed by atoms with Crippen LogP contribution in [0.5, 0.6) is 5.75 Å². The van der Waals surface area contributed by atoms with Gasteiger partial charge in [-0.3, -0.25) is 4.79 Å². The Morgan fingerprint density at radius 1 is 1.20 bits per heavy atom. The standard InChI is InChI=1S/C14H18N2O4/c1-2-20-14(19)16-8-6-15(7-9-16)13(18)11-4-3-5-12(17)10-11/h3-5,10,17H,2,6-9H2,1H3. The van der Waals surface area contributed by atoms with Gasteiger partial charge in [-0.2, -0.15) is 0 Å². The van der Waals surface area contributed by atoms with Gasteiger partial charge in [0.25, 0.3) is 5.91 Å². The van der Waals surface area contributed by atoms with Gasteiger partial charge in [0.2, 0.25) is 0 Å². The molecule has 1 saturated heterocycles. The zero-order chi connectivity index (χ0) is 14.5. The lowest BCUT2D eigenvalue weighted by molar-refractivity contribution is 0.0570. The van der Waals surface area contributed by atoms with Crippen molar-refractivity contribution < 1.29 is 19.4 Å². The number of carbonyl (C=O) groups is 2. The van der Waals surface area contributed by atoms with E-state index in [0.29, 0.717) is 38.3 Å². The van der Waals surface area contributed by atoms with Crippen molar-refractivity contribution in [3.63, 3.8) is 0 Å². The average Bonchev–Trinajstić information content (AvgIpc) is 2.47. The monoisotopic (exact) mass is 278 g/mol. The minimum atomic E-state index is -0.336. The van der Waals surface area contributed by atoms with Gasteiger partial charge < -0.3 is 19.6 Å². The Morgan fingerprint density at radius 2 is 1.85 bits per heavy atom. The van der Waals surface area contributed by atoms with Gasteiger partial charge in [-0.1, -0.05) is 6.07 Å². The van der Waals surface area contributed by atoms with Gasteiger partial charge in [-0.25, -0.2) is 4.79 Å². The molecule has 1 aliphatic rings. The van der Waals surface area contributed by atoms with Crippen LogP contribution in [0.4, 0.5) is 4.79 Å². The molecule has 0 spiro atoms. The number of benzene rings is 1. The van der Waals surface area contributed by atoms with Crippen molar-refractivity contribution in [1.29, 1.82) is 0 Å². The molecule has 0 unspecified atom stereocenters. The Morgan fingerprint density at radius 3 is 2.45 bits per heavy atom. The Balaban J connectivity index is 1.93. The lowest BCUT2D eigenvalue weighted by Gasteiger charge is -2.34. The van der Waals surface area contributed by atoms with Gasteiger partial charge in [-0.15, -0.1) is 0 Å². The van der Waals surface area contributed by atoms with E-state index in [-0.39, 0.29) is 17.7 Å². The molecule has 20 heavy (non-hydrogen) atoms. The Kier molecular flexibility index (Phi) is 4.45. The Labute approximate surface area is 117 Å². The van der Waals surface area contributed by atoms with Gasteiger partial charge in [0.05, 0.1) is 6.61 Å². The first-order valence-electron chi connectivity index (χ1n) is 6.62. The molecule has 0 aliphatic carbocycles. The van der Waals surface area contributed by atoms with Crippen LogP contribution in [-0.4, -0.2) is 59.7 Å². The van der Waals surface area contributed by atoms with Crippen LogP contribution >= 0.6 is 0 Å². The van der Waals surface area contributed by atoms with E-state index in [9.17, 15) is 14.7 Å². The van der Waals surface area contributed by atoms with E-state index in [0.717, 1.165) is 0 Å². The van der Waals surface area contributed by atoms with Crippen LogP contribution in [-0.2, 0) is 4.74 Å². The third-order valence-electron chi connectivity index (χ3n) is 3.19. The van der Waals surface area contributed by atoms with Gasteiger partial charge in [0.15, 0.2) is 0 Å². The van der Waals surface area contributed by atoms with E-state index in [2.05, 4.69) is 0 Å². The summed E-state index contributed by atoms with van der Waals surface area (Å²) < 4.78 is 4.93. The molecule has 1 aromatic rings. The summed E-state index contributed by atoms with van der Waals surface area (Å²) >= 11 is 0. The van der Waals surface area contributed by atoms with E-state index < -0.39 is 0 Å². The number of nitrogens with zero attached hydrogens (tertiary/aromatic N) is 2. The molecule has 0 radical (unpaired) electrons. The molecule has 0 bridgehead atoms. The van der Waals surface area contributed by atoms with Crippen molar-refractivity contribution in [2.24, 2.45) is 0 Å². The molecule has 1 fully saturated rings. The molecule has 0 aromatic heterocycles. The number of phenolic OH excluding ortho intramolecular Hbond substituents is 1. The Bertz CT molecular complexity index is 496. The fourth-order valence-corrected chi connectivity index (χ4v) is 2.13. The van der Waals surface area contributed by atoms with Crippen LogP contribution in [0.1, 0.15) is 17.3 Å². The maximum atomic E-state index is 12.2. The average molecular weight is 278 g/mol. The van der Waals surface area contributed by atoms with Crippen LogP contribution < -0.4 is 0 Å². The molecule has 108 valence electrons. The second kappa shape index (κ2) is 6.27. The number of phenols is 1. The molecule has 1 heterocycles. The van der Waals surface area contributed by atoms with E-state index >= 15 is 0 Å². The zero-order valence-corrected chi connectivity index (χ0v) is 11.4. The summed E-state index contributed by atoms with van der Waals surface area (Å²) in [7, 11) is 0. The zero-order valence-electron chi connectivity index (χ0n) is 11.4. The Hall–Kier alpha value is -2.24. The summed E-state index contributed by atoms with van der Waals surface area (Å²) in [5, 5.41) is 9.39. The minimum absolute atomic E-state index is 0.0704. The predicted molar refractivity (Wildman–Crippen MR) is 72.6 cm³/mol. The number of carbonyl (C=O) groups excluding carboxylic acids is 2.